The number of methoxy groups -OCH3 is 1. The van der Waals surface area contributed by atoms with Crippen LogP contribution in [0.5, 0.6) is 23.0 Å². The van der Waals surface area contributed by atoms with E-state index < -0.39 is 93.7 Å². The van der Waals surface area contributed by atoms with Crippen LogP contribution in [-0.4, -0.2) is 68.2 Å². The van der Waals surface area contributed by atoms with E-state index in [0.717, 1.165) is 34.1 Å². The predicted molar refractivity (Wildman–Crippen MR) is 175 cm³/mol. The van der Waals surface area contributed by atoms with Crippen LogP contribution in [0, 0.1) is 29.6 Å². The van der Waals surface area contributed by atoms with E-state index in [4.69, 9.17) is 4.74 Å². The molecule has 1 saturated carbocycles. The smallest absolute Gasteiger partial charge is 0.339 e. The molecule has 14 nitrogen and oxygen atoms in total. The molecule has 0 unspecified atom stereocenters. The molecule has 5 N–H and O–H groups in total. The van der Waals surface area contributed by atoms with Crippen molar-refractivity contribution in [1.29, 1.82) is 0 Å². The van der Waals surface area contributed by atoms with Crippen LogP contribution in [0.1, 0.15) is 45.0 Å². The Morgan fingerprint density at radius 3 is 1.80 bits per heavy atom. The van der Waals surface area contributed by atoms with Crippen molar-refractivity contribution in [2.75, 3.05) is 16.9 Å². The number of aromatic hydroxyl groups is 3. The second-order valence-electron chi connectivity index (χ2n) is 12.6. The number of hydrogen-bond acceptors (Lipinski definition) is 10. The Hall–Kier alpha value is -5.70. The number of carboxylic acids is 2. The molecule has 50 heavy (non-hydrogen) atoms. The van der Waals surface area contributed by atoms with Gasteiger partial charge in [-0.2, -0.15) is 0 Å². The first-order valence-corrected chi connectivity index (χ1v) is 16.2. The third-order valence-electron chi connectivity index (χ3n) is 10.2. The minimum absolute atomic E-state index is 0.000875. The molecular formula is C35H27BrN2O12. The third-order valence-corrected chi connectivity index (χ3v) is 10.8. The summed E-state index contributed by atoms with van der Waals surface area (Å²) >= 11 is 3.33. The van der Waals surface area contributed by atoms with Gasteiger partial charge in [-0.25, -0.2) is 19.4 Å². The Labute approximate surface area is 290 Å². The number of allylic oxidation sites excluding steroid dienone is 2. The van der Waals surface area contributed by atoms with Crippen LogP contribution in [0.4, 0.5) is 11.4 Å². The Morgan fingerprint density at radius 1 is 0.740 bits per heavy atom. The first-order chi connectivity index (χ1) is 23.7. The molecule has 2 aliphatic heterocycles. The highest BCUT2D eigenvalue weighted by atomic mass is 79.9. The Morgan fingerprint density at radius 2 is 1.28 bits per heavy atom. The molecule has 4 amide bonds. The molecule has 0 aromatic heterocycles. The van der Waals surface area contributed by atoms with E-state index in [1.165, 1.54) is 25.3 Å². The average molecular weight is 748 g/mol. The number of nitrogens with zero attached hydrogens (tertiary/aromatic N) is 2. The summed E-state index contributed by atoms with van der Waals surface area (Å²) in [5.41, 5.74) is 0.214. The summed E-state index contributed by atoms with van der Waals surface area (Å²) in [5, 5.41) is 50.0. The highest BCUT2D eigenvalue weighted by Crippen LogP contribution is 2.59. The number of carbonyl (C=O) groups is 6. The van der Waals surface area contributed by atoms with Crippen molar-refractivity contribution >= 4 is 62.9 Å². The molecule has 0 spiro atoms. The van der Waals surface area contributed by atoms with Gasteiger partial charge < -0.3 is 30.3 Å². The van der Waals surface area contributed by atoms with Crippen LogP contribution in [0.2, 0.25) is 0 Å². The van der Waals surface area contributed by atoms with Crippen molar-refractivity contribution < 1.29 is 59.0 Å². The van der Waals surface area contributed by atoms with Gasteiger partial charge in [0.15, 0.2) is 11.5 Å². The van der Waals surface area contributed by atoms with Gasteiger partial charge >= 0.3 is 11.9 Å². The van der Waals surface area contributed by atoms with Gasteiger partial charge in [-0.1, -0.05) is 11.6 Å². The Kier molecular flexibility index (Phi) is 7.70. The number of amides is 4. The van der Waals surface area contributed by atoms with Gasteiger partial charge in [0.2, 0.25) is 23.6 Å². The summed E-state index contributed by atoms with van der Waals surface area (Å²) in [5.74, 6) is -12.0. The van der Waals surface area contributed by atoms with Crippen LogP contribution in [0.25, 0.3) is 0 Å². The molecule has 3 fully saturated rings. The van der Waals surface area contributed by atoms with E-state index in [1.54, 1.807) is 12.1 Å². The maximum absolute atomic E-state index is 14.3. The zero-order valence-electron chi connectivity index (χ0n) is 25.9. The number of ether oxygens (including phenoxy) is 1. The largest absolute Gasteiger partial charge is 0.507 e. The van der Waals surface area contributed by atoms with Crippen LogP contribution >= 0.6 is 15.9 Å². The molecule has 7 rings (SSSR count). The van der Waals surface area contributed by atoms with Gasteiger partial charge in [0.25, 0.3) is 0 Å². The lowest BCUT2D eigenvalue weighted by atomic mass is 9.57. The fraction of sp³-hybridized carbons (Fsp3) is 0.257. The number of benzene rings is 3. The number of carboxylic acid groups (broad SMARTS) is 2. The lowest BCUT2D eigenvalue weighted by Crippen LogP contribution is -2.43. The minimum atomic E-state index is -1.41. The summed E-state index contributed by atoms with van der Waals surface area (Å²) < 4.78 is 5.62. The van der Waals surface area contributed by atoms with Gasteiger partial charge in [-0.05, 0) is 76.7 Å². The maximum Gasteiger partial charge on any atom is 0.339 e. The monoisotopic (exact) mass is 746 g/mol. The van der Waals surface area contributed by atoms with E-state index in [2.05, 4.69) is 15.9 Å². The van der Waals surface area contributed by atoms with Gasteiger partial charge in [-0.15, -0.1) is 0 Å². The second kappa shape index (κ2) is 11.7. The van der Waals surface area contributed by atoms with E-state index in [1.807, 2.05) is 0 Å². The molecule has 4 aliphatic rings. The fourth-order valence-corrected chi connectivity index (χ4v) is 8.54. The first-order valence-electron chi connectivity index (χ1n) is 15.4. The van der Waals surface area contributed by atoms with Crippen LogP contribution in [0.15, 0.2) is 64.7 Å². The van der Waals surface area contributed by atoms with Crippen LogP contribution in [0.3, 0.4) is 0 Å². The summed E-state index contributed by atoms with van der Waals surface area (Å²) in [6, 6.07) is 9.86. The number of phenolic OH excluding ortho intramolecular Hbond substituents is 1. The molecule has 15 heteroatoms. The molecule has 0 bridgehead atoms. The zero-order valence-corrected chi connectivity index (χ0v) is 27.5. The standard InChI is InChI=1S/C35H27BrN2O12/c1-50-25-9-13(8-22(36)29(25)41)26-16-6-7-19-27(32(44)37(30(19)42)14-2-4-17(34(46)47)23(39)10-14)20(16)12-21-28(26)33(45)38(31(21)43)15-3-5-18(35(48)49)24(40)11-15/h2-6,8-11,19-21,26-28,39-41H,7,12H2,1H3,(H,46,47)(H,48,49)/t19-,20+,21+,26-,27-,28+/m0/s1. The molecule has 2 saturated heterocycles. The second-order valence-corrected chi connectivity index (χ2v) is 13.5. The van der Waals surface area contributed by atoms with E-state index >= 15 is 0 Å². The highest BCUT2D eigenvalue weighted by molar-refractivity contribution is 9.10. The number of anilines is 2. The van der Waals surface area contributed by atoms with Crippen molar-refractivity contribution in [3.8, 4) is 23.0 Å². The highest BCUT2D eigenvalue weighted by Gasteiger charge is 2.62. The lowest BCUT2D eigenvalue weighted by molar-refractivity contribution is -0.126. The summed E-state index contributed by atoms with van der Waals surface area (Å²) in [6.45, 7) is 0. The number of rotatable bonds is 6. The molecule has 0 radical (unpaired) electrons. The lowest BCUT2D eigenvalue weighted by Gasteiger charge is -2.44. The van der Waals surface area contributed by atoms with E-state index in [9.17, 15) is 54.3 Å². The van der Waals surface area contributed by atoms with E-state index in [-0.39, 0.29) is 40.2 Å². The van der Waals surface area contributed by atoms with Crippen molar-refractivity contribution in [2.45, 2.75) is 18.8 Å². The summed E-state index contributed by atoms with van der Waals surface area (Å²) in [4.78, 5) is 81.3. The van der Waals surface area contributed by atoms with Gasteiger partial charge in [0.05, 0.1) is 46.6 Å². The van der Waals surface area contributed by atoms with Crippen molar-refractivity contribution in [2.24, 2.45) is 29.6 Å². The number of phenols is 3. The number of fused-ring (bicyclic) bond motifs is 4. The zero-order chi connectivity index (χ0) is 35.9. The summed E-state index contributed by atoms with van der Waals surface area (Å²) in [7, 11) is 1.35. The molecule has 2 heterocycles. The van der Waals surface area contributed by atoms with E-state index in [0.29, 0.717) is 11.1 Å². The molecular weight excluding hydrogens is 720 g/mol. The van der Waals surface area contributed by atoms with Crippen LogP contribution in [-0.2, 0) is 19.2 Å². The average Bonchev–Trinajstić information content (AvgIpc) is 3.47. The minimum Gasteiger partial charge on any atom is -0.507 e. The Bertz CT molecular complexity index is 2110. The SMILES string of the molecule is COc1cc([C@H]2C3=CC[C@@H]4C(=O)N(c5ccc(C(=O)O)c(O)c5)C(=O)[C@@H]4[C@@H]3C[C@H]3C(=O)N(c4ccc(C(=O)O)c(O)c4)C(=O)[C@@H]23)cc(Br)c1O. The number of carbonyl (C=O) groups excluding carboxylic acids is 4. The maximum atomic E-state index is 14.3. The number of hydrogen-bond donors (Lipinski definition) is 5. The van der Waals surface area contributed by atoms with Crippen molar-refractivity contribution in [3.05, 3.63) is 81.3 Å². The molecule has 3 aromatic carbocycles. The topological polar surface area (TPSA) is 219 Å². The molecule has 2 aliphatic carbocycles. The number of imide groups is 2. The first kappa shape index (κ1) is 32.8. The number of halogens is 1. The molecule has 256 valence electrons. The third kappa shape index (κ3) is 4.75. The molecule has 3 aromatic rings. The van der Waals surface area contributed by atoms with Crippen molar-refractivity contribution in [3.63, 3.8) is 0 Å². The fourth-order valence-electron chi connectivity index (χ4n) is 8.08. The quantitative estimate of drug-likeness (QED) is 0.178. The Balaban J connectivity index is 1.34. The van der Waals surface area contributed by atoms with Crippen LogP contribution < -0.4 is 14.5 Å². The van der Waals surface area contributed by atoms with Crippen molar-refractivity contribution in [1.82, 2.24) is 0 Å². The molecule has 6 atom stereocenters. The predicted octanol–water partition coefficient (Wildman–Crippen LogP) is 4.02. The van der Waals surface area contributed by atoms with Gasteiger partial charge in [0, 0.05) is 18.1 Å². The normalized spacial score (nSPS) is 25.6. The van der Waals surface area contributed by atoms with Gasteiger partial charge in [0.1, 0.15) is 22.6 Å². The van der Waals surface area contributed by atoms with Gasteiger partial charge in [-0.3, -0.25) is 19.2 Å². The summed E-state index contributed by atoms with van der Waals surface area (Å²) in [6.07, 6.45) is 1.91. The number of aromatic carboxylic acids is 2.